The van der Waals surface area contributed by atoms with E-state index in [1.807, 2.05) is 6.92 Å². The standard InChI is InChI=1S/C22H23FN6O2/c1-15(16-2-4-17(23)5-3-16)26-21-18(22(30)29-10-12-31-13-11-29)6-7-19(28-21)27-20-14-24-8-9-25-20/h2-9,14-15H,10-13H2,1H3,(H2,25,26,27,28)/t15-/m0/s1. The van der Waals surface area contributed by atoms with Crippen molar-refractivity contribution in [3.63, 3.8) is 0 Å². The summed E-state index contributed by atoms with van der Waals surface area (Å²) in [6, 6.07) is 9.51. The molecule has 1 saturated heterocycles. The molecule has 160 valence electrons. The van der Waals surface area contributed by atoms with Crippen molar-refractivity contribution in [2.45, 2.75) is 13.0 Å². The summed E-state index contributed by atoms with van der Waals surface area (Å²) < 4.78 is 18.7. The summed E-state index contributed by atoms with van der Waals surface area (Å²) in [5.74, 6) is 1.08. The van der Waals surface area contributed by atoms with E-state index in [0.29, 0.717) is 49.3 Å². The first-order valence-corrected chi connectivity index (χ1v) is 10.0. The molecule has 1 amide bonds. The van der Waals surface area contributed by atoms with Crippen LogP contribution in [0, 0.1) is 5.82 Å². The highest BCUT2D eigenvalue weighted by Gasteiger charge is 2.23. The fourth-order valence-electron chi connectivity index (χ4n) is 3.28. The molecule has 0 saturated carbocycles. The topological polar surface area (TPSA) is 92.3 Å². The van der Waals surface area contributed by atoms with Crippen molar-refractivity contribution in [3.8, 4) is 0 Å². The largest absolute Gasteiger partial charge is 0.378 e. The summed E-state index contributed by atoms with van der Waals surface area (Å²) in [5.41, 5.74) is 1.33. The number of halogens is 1. The molecule has 2 aromatic heterocycles. The Kier molecular flexibility index (Phi) is 6.32. The molecule has 1 aliphatic heterocycles. The van der Waals surface area contributed by atoms with Gasteiger partial charge < -0.3 is 20.3 Å². The molecule has 0 radical (unpaired) electrons. The first kappa shape index (κ1) is 20.7. The Bertz CT molecular complexity index is 1030. The second-order valence-corrected chi connectivity index (χ2v) is 7.13. The first-order chi connectivity index (χ1) is 15.1. The number of nitrogens with zero attached hydrogens (tertiary/aromatic N) is 4. The van der Waals surface area contributed by atoms with E-state index in [4.69, 9.17) is 4.74 Å². The Morgan fingerprint density at radius 3 is 2.58 bits per heavy atom. The van der Waals surface area contributed by atoms with Gasteiger partial charge in [0.2, 0.25) is 0 Å². The number of nitrogens with one attached hydrogen (secondary N) is 2. The lowest BCUT2D eigenvalue weighted by molar-refractivity contribution is 0.0303. The number of carbonyl (C=O) groups excluding carboxylic acids is 1. The number of anilines is 3. The second kappa shape index (κ2) is 9.48. The normalized spacial score (nSPS) is 14.7. The highest BCUT2D eigenvalue weighted by Crippen LogP contribution is 2.25. The Labute approximate surface area is 179 Å². The fraction of sp³-hybridized carbons (Fsp3) is 0.273. The van der Waals surface area contributed by atoms with Gasteiger partial charge in [-0.3, -0.25) is 9.78 Å². The van der Waals surface area contributed by atoms with Crippen molar-refractivity contribution in [2.24, 2.45) is 0 Å². The van der Waals surface area contributed by atoms with E-state index in [2.05, 4.69) is 25.6 Å². The lowest BCUT2D eigenvalue weighted by Gasteiger charge is -2.28. The zero-order valence-corrected chi connectivity index (χ0v) is 17.1. The average Bonchev–Trinajstić information content (AvgIpc) is 2.80. The maximum atomic E-state index is 13.3. The van der Waals surface area contributed by atoms with Crippen LogP contribution in [0.3, 0.4) is 0 Å². The first-order valence-electron chi connectivity index (χ1n) is 10.0. The monoisotopic (exact) mass is 422 g/mol. The molecule has 8 nitrogen and oxygen atoms in total. The number of carbonyl (C=O) groups is 1. The van der Waals surface area contributed by atoms with Crippen molar-refractivity contribution in [2.75, 3.05) is 36.9 Å². The number of morpholine rings is 1. The third-order valence-corrected chi connectivity index (χ3v) is 4.97. The zero-order valence-electron chi connectivity index (χ0n) is 17.1. The lowest BCUT2D eigenvalue weighted by Crippen LogP contribution is -2.41. The van der Waals surface area contributed by atoms with Gasteiger partial charge in [-0.25, -0.2) is 14.4 Å². The minimum absolute atomic E-state index is 0.115. The SMILES string of the molecule is C[C@H](Nc1nc(Nc2cnccn2)ccc1C(=O)N1CCOCC1)c1ccc(F)cc1. The van der Waals surface area contributed by atoms with Gasteiger partial charge in [-0.15, -0.1) is 0 Å². The average molecular weight is 422 g/mol. The quantitative estimate of drug-likeness (QED) is 0.629. The van der Waals surface area contributed by atoms with Gasteiger partial charge in [-0.05, 0) is 36.8 Å². The molecule has 1 aromatic carbocycles. The second-order valence-electron chi connectivity index (χ2n) is 7.13. The minimum Gasteiger partial charge on any atom is -0.378 e. The number of rotatable bonds is 6. The molecule has 0 unspecified atom stereocenters. The van der Waals surface area contributed by atoms with E-state index in [0.717, 1.165) is 5.56 Å². The number of pyridine rings is 1. The van der Waals surface area contributed by atoms with Crippen molar-refractivity contribution < 1.29 is 13.9 Å². The van der Waals surface area contributed by atoms with Crippen LogP contribution in [0.25, 0.3) is 0 Å². The number of benzene rings is 1. The number of hydrogen-bond acceptors (Lipinski definition) is 7. The number of ether oxygens (including phenoxy) is 1. The van der Waals surface area contributed by atoms with Gasteiger partial charge in [-0.2, -0.15) is 0 Å². The lowest BCUT2D eigenvalue weighted by atomic mass is 10.1. The van der Waals surface area contributed by atoms with Crippen LogP contribution in [0.4, 0.5) is 21.8 Å². The van der Waals surface area contributed by atoms with E-state index in [1.54, 1.807) is 47.8 Å². The van der Waals surface area contributed by atoms with Crippen LogP contribution in [0.2, 0.25) is 0 Å². The molecular weight excluding hydrogens is 399 g/mol. The smallest absolute Gasteiger partial charge is 0.257 e. The van der Waals surface area contributed by atoms with Crippen LogP contribution in [0.5, 0.6) is 0 Å². The van der Waals surface area contributed by atoms with E-state index >= 15 is 0 Å². The molecule has 31 heavy (non-hydrogen) atoms. The van der Waals surface area contributed by atoms with Crippen LogP contribution >= 0.6 is 0 Å². The predicted octanol–water partition coefficient (Wildman–Crippen LogP) is 3.40. The molecular formula is C22H23FN6O2. The van der Waals surface area contributed by atoms with Crippen LogP contribution < -0.4 is 10.6 Å². The maximum Gasteiger partial charge on any atom is 0.257 e. The highest BCUT2D eigenvalue weighted by molar-refractivity contribution is 5.99. The van der Waals surface area contributed by atoms with Gasteiger partial charge in [-0.1, -0.05) is 12.1 Å². The molecule has 1 atom stereocenters. The maximum absolute atomic E-state index is 13.3. The molecule has 1 aliphatic rings. The third kappa shape index (κ3) is 5.13. The molecule has 3 heterocycles. The van der Waals surface area contributed by atoms with Gasteiger partial charge in [0, 0.05) is 31.5 Å². The van der Waals surface area contributed by atoms with Crippen LogP contribution in [0.15, 0.2) is 55.0 Å². The molecule has 3 aromatic rings. The zero-order chi connectivity index (χ0) is 21.6. The van der Waals surface area contributed by atoms with E-state index in [-0.39, 0.29) is 17.8 Å². The molecule has 0 spiro atoms. The molecule has 1 fully saturated rings. The van der Waals surface area contributed by atoms with Crippen LogP contribution in [0.1, 0.15) is 28.9 Å². The third-order valence-electron chi connectivity index (χ3n) is 4.97. The summed E-state index contributed by atoms with van der Waals surface area (Å²) in [7, 11) is 0. The summed E-state index contributed by atoms with van der Waals surface area (Å²) >= 11 is 0. The van der Waals surface area contributed by atoms with Gasteiger partial charge in [0.15, 0.2) is 0 Å². The number of aromatic nitrogens is 3. The fourth-order valence-corrected chi connectivity index (χ4v) is 3.28. The predicted molar refractivity (Wildman–Crippen MR) is 115 cm³/mol. The van der Waals surface area contributed by atoms with Crippen molar-refractivity contribution in [1.82, 2.24) is 19.9 Å². The van der Waals surface area contributed by atoms with Crippen molar-refractivity contribution >= 4 is 23.4 Å². The van der Waals surface area contributed by atoms with Crippen molar-refractivity contribution in [3.05, 3.63) is 71.9 Å². The van der Waals surface area contributed by atoms with Gasteiger partial charge >= 0.3 is 0 Å². The highest BCUT2D eigenvalue weighted by atomic mass is 19.1. The summed E-state index contributed by atoms with van der Waals surface area (Å²) in [6.45, 7) is 4.03. The summed E-state index contributed by atoms with van der Waals surface area (Å²) in [4.78, 5) is 27.8. The Morgan fingerprint density at radius 2 is 1.87 bits per heavy atom. The summed E-state index contributed by atoms with van der Waals surface area (Å²) in [6.07, 6.45) is 4.75. The Balaban J connectivity index is 1.63. The van der Waals surface area contributed by atoms with E-state index in [9.17, 15) is 9.18 Å². The Hall–Kier alpha value is -3.59. The van der Waals surface area contributed by atoms with Crippen LogP contribution in [-0.4, -0.2) is 52.1 Å². The van der Waals surface area contributed by atoms with E-state index in [1.165, 1.54) is 12.1 Å². The van der Waals surface area contributed by atoms with Crippen LogP contribution in [-0.2, 0) is 4.74 Å². The molecule has 4 rings (SSSR count). The van der Waals surface area contributed by atoms with Crippen molar-refractivity contribution in [1.29, 1.82) is 0 Å². The Morgan fingerprint density at radius 1 is 1.10 bits per heavy atom. The van der Waals surface area contributed by atoms with Gasteiger partial charge in [0.25, 0.3) is 5.91 Å². The number of hydrogen-bond donors (Lipinski definition) is 2. The molecule has 2 N–H and O–H groups in total. The van der Waals surface area contributed by atoms with E-state index < -0.39 is 0 Å². The van der Waals surface area contributed by atoms with Gasteiger partial charge in [0.05, 0.1) is 25.0 Å². The molecule has 0 aliphatic carbocycles. The van der Waals surface area contributed by atoms with Gasteiger partial charge in [0.1, 0.15) is 23.3 Å². The number of amides is 1. The minimum atomic E-state index is -0.299. The summed E-state index contributed by atoms with van der Waals surface area (Å²) in [5, 5.41) is 6.40. The molecule has 9 heteroatoms. The molecule has 0 bridgehead atoms.